The zero-order valence-corrected chi connectivity index (χ0v) is 24.9. The number of anilines is 1. The molecule has 2 heterocycles. The van der Waals surface area contributed by atoms with Gasteiger partial charge in [0.1, 0.15) is 11.6 Å². The first-order valence-corrected chi connectivity index (χ1v) is 14.4. The zero-order chi connectivity index (χ0) is 29.4. The summed E-state index contributed by atoms with van der Waals surface area (Å²) in [4.78, 5) is 16.9. The Morgan fingerprint density at radius 1 is 1.15 bits per heavy atom. The number of carbonyl (C=O) groups is 1. The summed E-state index contributed by atoms with van der Waals surface area (Å²) in [5, 5.41) is 15.1. The van der Waals surface area contributed by atoms with E-state index in [9.17, 15) is 14.3 Å². The quantitative estimate of drug-likeness (QED) is 0.216. The van der Waals surface area contributed by atoms with Crippen LogP contribution in [0.3, 0.4) is 0 Å². The summed E-state index contributed by atoms with van der Waals surface area (Å²) < 4.78 is 20.6. The van der Waals surface area contributed by atoms with Crippen LogP contribution in [0.1, 0.15) is 58.1 Å². The molecule has 1 amide bonds. The van der Waals surface area contributed by atoms with Gasteiger partial charge in [0.05, 0.1) is 12.3 Å². The van der Waals surface area contributed by atoms with Crippen LogP contribution in [0.25, 0.3) is 10.9 Å². The fourth-order valence-corrected chi connectivity index (χ4v) is 5.44. The standard InChI is InChI=1S/C32H47FN4O3/c1-20(2)24(14-22-9-11-29-27(15-22)23(19-37(29)5)8-7-13-40-6)16-28(34)30(38)17-26(21(3)4)32(39)36-31-12-10-25(33)18-35-31/h9-12,15,18-21,24,26,28,30,38H,7-8,13-14,16-17,34H2,1-6H3,(H,35,36,39)/t24-,26-,28-,30-/m0/s1. The minimum Gasteiger partial charge on any atom is -0.391 e. The number of aromatic nitrogens is 2. The number of nitrogens with one attached hydrogen (secondary N) is 1. The van der Waals surface area contributed by atoms with E-state index in [1.807, 2.05) is 13.8 Å². The lowest BCUT2D eigenvalue weighted by Crippen LogP contribution is -2.41. The number of nitrogens with zero attached hydrogens (tertiary/aromatic N) is 2. The van der Waals surface area contributed by atoms with E-state index in [-0.39, 0.29) is 30.0 Å². The molecule has 0 spiro atoms. The molecular formula is C32H47FN4O3. The number of aliphatic hydroxyl groups excluding tert-OH is 1. The molecule has 0 saturated carbocycles. The van der Waals surface area contributed by atoms with Crippen LogP contribution in [0, 0.1) is 29.5 Å². The van der Waals surface area contributed by atoms with Crippen molar-refractivity contribution in [3.8, 4) is 0 Å². The predicted octanol–water partition coefficient (Wildman–Crippen LogP) is 5.49. The third-order valence-electron chi connectivity index (χ3n) is 8.06. The molecule has 1 aromatic carbocycles. The molecule has 40 heavy (non-hydrogen) atoms. The van der Waals surface area contributed by atoms with E-state index < -0.39 is 23.9 Å². The molecule has 0 aliphatic rings. The number of aliphatic hydroxyl groups is 1. The number of carbonyl (C=O) groups excluding carboxylic acids is 1. The van der Waals surface area contributed by atoms with E-state index in [2.05, 4.69) is 60.2 Å². The number of fused-ring (bicyclic) bond motifs is 1. The largest absolute Gasteiger partial charge is 0.391 e. The van der Waals surface area contributed by atoms with Crippen molar-refractivity contribution in [2.45, 2.75) is 71.9 Å². The molecule has 4 N–H and O–H groups in total. The van der Waals surface area contributed by atoms with E-state index in [1.54, 1.807) is 7.11 Å². The molecule has 220 valence electrons. The number of hydrogen-bond donors (Lipinski definition) is 3. The van der Waals surface area contributed by atoms with Gasteiger partial charge in [-0.1, -0.05) is 33.8 Å². The average molecular weight is 555 g/mol. The number of rotatable bonds is 15. The van der Waals surface area contributed by atoms with Crippen molar-refractivity contribution in [2.24, 2.45) is 36.5 Å². The average Bonchev–Trinajstić information content (AvgIpc) is 3.22. The second-order valence-corrected chi connectivity index (χ2v) is 11.8. The molecule has 0 unspecified atom stereocenters. The van der Waals surface area contributed by atoms with Crippen LogP contribution in [0.5, 0.6) is 0 Å². The third-order valence-corrected chi connectivity index (χ3v) is 8.06. The van der Waals surface area contributed by atoms with Gasteiger partial charge in [0, 0.05) is 49.8 Å². The summed E-state index contributed by atoms with van der Waals surface area (Å²) in [6.07, 6.45) is 6.17. The van der Waals surface area contributed by atoms with Crippen molar-refractivity contribution in [3.63, 3.8) is 0 Å². The molecule has 7 nitrogen and oxygen atoms in total. The molecular weight excluding hydrogens is 507 g/mol. The van der Waals surface area contributed by atoms with Gasteiger partial charge < -0.3 is 25.5 Å². The van der Waals surface area contributed by atoms with E-state index in [1.165, 1.54) is 34.2 Å². The molecule has 4 atom stereocenters. The lowest BCUT2D eigenvalue weighted by Gasteiger charge is -2.30. The van der Waals surface area contributed by atoms with Gasteiger partial charge in [0.25, 0.3) is 0 Å². The topological polar surface area (TPSA) is 102 Å². The zero-order valence-electron chi connectivity index (χ0n) is 24.9. The summed E-state index contributed by atoms with van der Waals surface area (Å²) in [5.74, 6) is -0.254. The molecule has 0 aliphatic carbocycles. The van der Waals surface area contributed by atoms with E-state index in [0.717, 1.165) is 32.1 Å². The number of pyridine rings is 1. The van der Waals surface area contributed by atoms with Crippen LogP contribution in [0.2, 0.25) is 0 Å². The molecule has 0 radical (unpaired) electrons. The van der Waals surface area contributed by atoms with Crippen molar-refractivity contribution >= 4 is 22.6 Å². The van der Waals surface area contributed by atoms with Crippen LogP contribution in [0.15, 0.2) is 42.7 Å². The number of methoxy groups -OCH3 is 1. The number of nitrogens with two attached hydrogens (primary N) is 1. The van der Waals surface area contributed by atoms with Crippen molar-refractivity contribution in [2.75, 3.05) is 19.0 Å². The molecule has 0 fully saturated rings. The fraction of sp³-hybridized carbons (Fsp3) is 0.562. The Bertz CT molecular complexity index is 1220. The smallest absolute Gasteiger partial charge is 0.228 e. The number of ether oxygens (including phenoxy) is 1. The van der Waals surface area contributed by atoms with Gasteiger partial charge >= 0.3 is 0 Å². The summed E-state index contributed by atoms with van der Waals surface area (Å²) in [5.41, 5.74) is 10.4. The summed E-state index contributed by atoms with van der Waals surface area (Å²) in [6.45, 7) is 9.03. The maximum atomic E-state index is 13.2. The number of aryl methyl sites for hydroxylation is 2. The van der Waals surface area contributed by atoms with Gasteiger partial charge in [-0.3, -0.25) is 4.79 Å². The van der Waals surface area contributed by atoms with Crippen LogP contribution in [-0.2, 0) is 29.4 Å². The molecule has 0 bridgehead atoms. The van der Waals surface area contributed by atoms with Crippen molar-refractivity contribution < 1.29 is 19.0 Å². The highest BCUT2D eigenvalue weighted by Crippen LogP contribution is 2.29. The van der Waals surface area contributed by atoms with E-state index >= 15 is 0 Å². The number of benzene rings is 1. The normalized spacial score (nSPS) is 15.0. The SMILES string of the molecule is COCCCc1cn(C)c2ccc(C[C@@H](C[C@H](N)[C@@H](O)C[C@H](C(=O)Nc3ccc(F)cn3)C(C)C)C(C)C)cc12. The van der Waals surface area contributed by atoms with Crippen LogP contribution in [-0.4, -0.2) is 46.4 Å². The summed E-state index contributed by atoms with van der Waals surface area (Å²) in [7, 11) is 3.82. The minimum absolute atomic E-state index is 0.0149. The van der Waals surface area contributed by atoms with Gasteiger partial charge in [0.2, 0.25) is 5.91 Å². The monoisotopic (exact) mass is 554 g/mol. The van der Waals surface area contributed by atoms with Crippen molar-refractivity contribution in [1.82, 2.24) is 9.55 Å². The fourth-order valence-electron chi connectivity index (χ4n) is 5.44. The van der Waals surface area contributed by atoms with Crippen LogP contribution in [0.4, 0.5) is 10.2 Å². The first-order chi connectivity index (χ1) is 19.0. The Labute approximate surface area is 238 Å². The predicted molar refractivity (Wildman–Crippen MR) is 160 cm³/mol. The molecule has 3 rings (SSSR count). The van der Waals surface area contributed by atoms with Crippen molar-refractivity contribution in [3.05, 3.63) is 59.7 Å². The maximum Gasteiger partial charge on any atom is 0.228 e. The highest BCUT2D eigenvalue weighted by atomic mass is 19.1. The summed E-state index contributed by atoms with van der Waals surface area (Å²) >= 11 is 0. The third kappa shape index (κ3) is 8.59. The van der Waals surface area contributed by atoms with Crippen LogP contribution < -0.4 is 11.1 Å². The Kier molecular flexibility index (Phi) is 11.7. The number of halogens is 1. The minimum atomic E-state index is -0.829. The Morgan fingerprint density at radius 3 is 2.52 bits per heavy atom. The molecule has 3 aromatic rings. The summed E-state index contributed by atoms with van der Waals surface area (Å²) in [6, 6.07) is 8.91. The highest BCUT2D eigenvalue weighted by molar-refractivity contribution is 5.91. The molecule has 0 aliphatic heterocycles. The molecule has 8 heteroatoms. The second kappa shape index (κ2) is 14.7. The van der Waals surface area contributed by atoms with Gasteiger partial charge in [0.15, 0.2) is 0 Å². The number of hydrogen-bond acceptors (Lipinski definition) is 5. The second-order valence-electron chi connectivity index (χ2n) is 11.8. The lowest BCUT2D eigenvalue weighted by atomic mass is 9.80. The van der Waals surface area contributed by atoms with Crippen molar-refractivity contribution in [1.29, 1.82) is 0 Å². The Hall–Kier alpha value is -2.81. The van der Waals surface area contributed by atoms with E-state index in [0.29, 0.717) is 12.3 Å². The molecule has 0 saturated heterocycles. The maximum absolute atomic E-state index is 13.2. The van der Waals surface area contributed by atoms with Gasteiger partial charge in [-0.15, -0.1) is 0 Å². The van der Waals surface area contributed by atoms with Gasteiger partial charge in [-0.2, -0.15) is 0 Å². The Morgan fingerprint density at radius 2 is 1.90 bits per heavy atom. The Balaban J connectivity index is 1.66. The van der Waals surface area contributed by atoms with Gasteiger partial charge in [-0.05, 0) is 85.3 Å². The van der Waals surface area contributed by atoms with Gasteiger partial charge in [-0.25, -0.2) is 9.37 Å². The highest BCUT2D eigenvalue weighted by Gasteiger charge is 2.30. The number of amides is 1. The first kappa shape index (κ1) is 31.7. The first-order valence-electron chi connectivity index (χ1n) is 14.4. The van der Waals surface area contributed by atoms with Crippen LogP contribution >= 0.6 is 0 Å². The van der Waals surface area contributed by atoms with E-state index in [4.69, 9.17) is 10.5 Å². The molecule has 2 aromatic heterocycles. The lowest BCUT2D eigenvalue weighted by molar-refractivity contribution is -0.122.